The van der Waals surface area contributed by atoms with E-state index in [2.05, 4.69) is 20.9 Å². The predicted molar refractivity (Wildman–Crippen MR) is 96.4 cm³/mol. The first kappa shape index (κ1) is 18.9. The van der Waals surface area contributed by atoms with Gasteiger partial charge in [-0.25, -0.2) is 4.79 Å². The molecule has 0 bridgehead atoms. The van der Waals surface area contributed by atoms with Gasteiger partial charge in [0.25, 0.3) is 0 Å². The molecule has 5 nitrogen and oxygen atoms in total. The maximum atomic E-state index is 12.4. The number of likely N-dealkylation sites (tertiary alicyclic amines) is 1. The Balaban J connectivity index is 1.97. The fourth-order valence-corrected chi connectivity index (χ4v) is 4.10. The number of nitrogens with zero attached hydrogens (tertiary/aromatic N) is 1. The maximum Gasteiger partial charge on any atom is 0.342 e. The molecule has 6 heteroatoms. The molecule has 0 aliphatic carbocycles. The lowest BCUT2D eigenvalue weighted by molar-refractivity contribution is -0.920. The van der Waals surface area contributed by atoms with E-state index in [1.165, 1.54) is 19.6 Å². The molecule has 0 radical (unpaired) electrons. The monoisotopic (exact) mass is 355 g/mol. The summed E-state index contributed by atoms with van der Waals surface area (Å²) in [4.78, 5) is 12.4. The highest BCUT2D eigenvalue weighted by Crippen LogP contribution is 2.29. The fourth-order valence-electron chi connectivity index (χ4n) is 3.93. The summed E-state index contributed by atoms with van der Waals surface area (Å²) in [5.41, 5.74) is 6.42. The highest BCUT2D eigenvalue weighted by molar-refractivity contribution is 6.33. The molecule has 2 unspecified atom stereocenters. The Labute approximate surface area is 149 Å². The number of nitrogens with two attached hydrogens (primary N) is 1. The van der Waals surface area contributed by atoms with Gasteiger partial charge in [-0.3, -0.25) is 0 Å². The van der Waals surface area contributed by atoms with Gasteiger partial charge in [-0.2, -0.15) is 0 Å². The van der Waals surface area contributed by atoms with Crippen molar-refractivity contribution in [3.05, 3.63) is 22.7 Å². The molecule has 1 heterocycles. The van der Waals surface area contributed by atoms with E-state index < -0.39 is 5.97 Å². The van der Waals surface area contributed by atoms with Gasteiger partial charge in [-0.15, -0.1) is 0 Å². The van der Waals surface area contributed by atoms with Gasteiger partial charge in [0, 0.05) is 17.9 Å². The van der Waals surface area contributed by atoms with Crippen LogP contribution in [0.1, 0.15) is 30.6 Å². The van der Waals surface area contributed by atoms with E-state index in [-0.39, 0.29) is 0 Å². The number of rotatable bonds is 5. The Morgan fingerprint density at radius 1 is 1.33 bits per heavy atom. The molecule has 0 aromatic heterocycles. The average molecular weight is 356 g/mol. The molecule has 1 aliphatic heterocycles. The van der Waals surface area contributed by atoms with Crippen molar-refractivity contribution in [1.29, 1.82) is 0 Å². The lowest BCUT2D eigenvalue weighted by atomic mass is 9.90. The summed E-state index contributed by atoms with van der Waals surface area (Å²) in [6.07, 6.45) is 1.27. The van der Waals surface area contributed by atoms with Crippen molar-refractivity contribution in [2.24, 2.45) is 11.8 Å². The van der Waals surface area contributed by atoms with Gasteiger partial charge in [0.1, 0.15) is 24.5 Å². The van der Waals surface area contributed by atoms with Gasteiger partial charge in [0.2, 0.25) is 0 Å². The Morgan fingerprint density at radius 2 is 1.96 bits per heavy atom. The number of quaternary nitrogens is 1. The lowest BCUT2D eigenvalue weighted by Gasteiger charge is -2.43. The minimum atomic E-state index is -0.432. The SMILES string of the molecule is COc1cc(N)c(Cl)cc1C(=O)OCC[N+]1(C)CC(C)CC(C)C1. The smallest absolute Gasteiger partial charge is 0.342 e. The van der Waals surface area contributed by atoms with Crippen molar-refractivity contribution in [2.75, 3.05) is 46.1 Å². The molecule has 2 rings (SSSR count). The molecule has 134 valence electrons. The lowest BCUT2D eigenvalue weighted by Crippen LogP contribution is -2.54. The normalized spacial score (nSPS) is 26.9. The zero-order valence-corrected chi connectivity index (χ0v) is 15.7. The van der Waals surface area contributed by atoms with Crippen LogP contribution < -0.4 is 10.5 Å². The highest BCUT2D eigenvalue weighted by atomic mass is 35.5. The van der Waals surface area contributed by atoms with Gasteiger partial charge in [-0.05, 0) is 12.5 Å². The molecular weight excluding hydrogens is 328 g/mol. The first-order valence-corrected chi connectivity index (χ1v) is 8.75. The summed E-state index contributed by atoms with van der Waals surface area (Å²) in [6.45, 7) is 8.02. The zero-order chi connectivity index (χ0) is 17.9. The molecule has 1 fully saturated rings. The number of likely N-dealkylation sites (N-methyl/N-ethyl adjacent to an activating group) is 1. The minimum absolute atomic E-state index is 0.305. The Kier molecular flexibility index (Phi) is 5.99. The van der Waals surface area contributed by atoms with Crippen LogP contribution in [0, 0.1) is 11.8 Å². The molecule has 1 aliphatic rings. The predicted octanol–water partition coefficient (Wildman–Crippen LogP) is 3.21. The second-order valence-corrected chi connectivity index (χ2v) is 7.77. The molecule has 0 spiro atoms. The summed E-state index contributed by atoms with van der Waals surface area (Å²) >= 11 is 6.01. The number of hydrogen-bond donors (Lipinski definition) is 1. The van der Waals surface area contributed by atoms with E-state index in [1.807, 2.05) is 0 Å². The summed E-state index contributed by atoms with van der Waals surface area (Å²) in [6, 6.07) is 3.04. The van der Waals surface area contributed by atoms with Crippen molar-refractivity contribution in [3.8, 4) is 5.75 Å². The van der Waals surface area contributed by atoms with Crippen molar-refractivity contribution in [2.45, 2.75) is 20.3 Å². The summed E-state index contributed by atoms with van der Waals surface area (Å²) < 4.78 is 11.6. The largest absolute Gasteiger partial charge is 0.496 e. The van der Waals surface area contributed by atoms with Gasteiger partial charge in [-0.1, -0.05) is 25.4 Å². The second kappa shape index (κ2) is 7.62. The van der Waals surface area contributed by atoms with Crippen molar-refractivity contribution >= 4 is 23.3 Å². The topological polar surface area (TPSA) is 61.5 Å². The maximum absolute atomic E-state index is 12.4. The molecule has 1 aromatic carbocycles. The number of carbonyl (C=O) groups excluding carboxylic acids is 1. The molecule has 1 saturated heterocycles. The zero-order valence-electron chi connectivity index (χ0n) is 15.0. The first-order chi connectivity index (χ1) is 11.2. The molecule has 24 heavy (non-hydrogen) atoms. The van der Waals surface area contributed by atoms with E-state index in [4.69, 9.17) is 26.8 Å². The van der Waals surface area contributed by atoms with Gasteiger partial charge < -0.3 is 19.7 Å². The molecule has 0 amide bonds. The highest BCUT2D eigenvalue weighted by Gasteiger charge is 2.33. The van der Waals surface area contributed by atoms with Crippen LogP contribution in [0.3, 0.4) is 0 Å². The third-order valence-electron chi connectivity index (χ3n) is 4.71. The van der Waals surface area contributed by atoms with Gasteiger partial charge >= 0.3 is 5.97 Å². The molecule has 2 N–H and O–H groups in total. The molecule has 2 atom stereocenters. The summed E-state index contributed by atoms with van der Waals surface area (Å²) in [7, 11) is 3.73. The standard InChI is InChI=1S/C18H27ClN2O3/c1-12-7-13(2)11-21(3,10-12)5-6-24-18(22)14-8-15(19)16(20)9-17(14)23-4/h8-9,12-13H,5-7,10-11H2,1-4H3,(H-,20,22)/p+1. The first-order valence-electron chi connectivity index (χ1n) is 8.38. The Bertz CT molecular complexity index is 596. The van der Waals surface area contributed by atoms with Crippen LogP contribution in [0.5, 0.6) is 5.75 Å². The van der Waals surface area contributed by atoms with E-state index in [0.29, 0.717) is 40.5 Å². The van der Waals surface area contributed by atoms with Gasteiger partial charge in [0.05, 0.1) is 38.0 Å². The number of ether oxygens (including phenoxy) is 2. The number of nitrogen functional groups attached to an aromatic ring is 1. The number of anilines is 1. The van der Waals surface area contributed by atoms with E-state index in [1.54, 1.807) is 6.07 Å². The van der Waals surface area contributed by atoms with Crippen LogP contribution in [0.25, 0.3) is 0 Å². The minimum Gasteiger partial charge on any atom is -0.496 e. The van der Waals surface area contributed by atoms with Crippen molar-refractivity contribution in [1.82, 2.24) is 0 Å². The number of benzene rings is 1. The van der Waals surface area contributed by atoms with Crippen LogP contribution in [-0.4, -0.2) is 50.9 Å². The van der Waals surface area contributed by atoms with Gasteiger partial charge in [0.15, 0.2) is 0 Å². The average Bonchev–Trinajstić information content (AvgIpc) is 2.47. The van der Waals surface area contributed by atoms with Crippen LogP contribution in [-0.2, 0) is 4.74 Å². The van der Waals surface area contributed by atoms with Crippen LogP contribution >= 0.6 is 11.6 Å². The van der Waals surface area contributed by atoms with E-state index in [9.17, 15) is 4.79 Å². The van der Waals surface area contributed by atoms with Crippen molar-refractivity contribution in [3.63, 3.8) is 0 Å². The number of hydrogen-bond acceptors (Lipinski definition) is 4. The third kappa shape index (κ3) is 4.54. The van der Waals surface area contributed by atoms with E-state index >= 15 is 0 Å². The Hall–Kier alpha value is -1.46. The molecule has 1 aromatic rings. The van der Waals surface area contributed by atoms with E-state index in [0.717, 1.165) is 24.1 Å². The quantitative estimate of drug-likeness (QED) is 0.500. The molecular formula is C18H28ClN2O3+. The van der Waals surface area contributed by atoms with Crippen LogP contribution in [0.15, 0.2) is 12.1 Å². The second-order valence-electron chi connectivity index (χ2n) is 7.36. The summed E-state index contributed by atoms with van der Waals surface area (Å²) in [5.74, 6) is 1.34. The number of carbonyl (C=O) groups is 1. The fraction of sp³-hybridized carbons (Fsp3) is 0.611. The number of esters is 1. The van der Waals surface area contributed by atoms with Crippen molar-refractivity contribution < 1.29 is 18.8 Å². The summed E-state index contributed by atoms with van der Waals surface area (Å²) in [5, 5.41) is 0.320. The Morgan fingerprint density at radius 3 is 2.54 bits per heavy atom. The number of piperidine rings is 1. The van der Waals surface area contributed by atoms with Crippen LogP contribution in [0.2, 0.25) is 5.02 Å². The number of halogens is 1. The molecule has 0 saturated carbocycles. The number of methoxy groups -OCH3 is 1. The van der Waals surface area contributed by atoms with Crippen LogP contribution in [0.4, 0.5) is 5.69 Å². The third-order valence-corrected chi connectivity index (χ3v) is 5.04.